The van der Waals surface area contributed by atoms with Crippen LogP contribution >= 0.6 is 45.2 Å². The Morgan fingerprint density at radius 1 is 0.878 bits per heavy atom. The number of hydrogen-bond acceptors (Lipinski definition) is 6. The standard InChI is InChI=1S/C17H22INO2.C16H20INO2/c1-3-10-4-5-11(8-14(10)18)13-9-12-6-7-15(19-12)16(13)17(20)21-2;1-18-12-7-8-14(18)15(16(19)20-2)13(9-12)10-3-5-11(17)6-4-10/h4-5,8,12-13,15-16,19H,3,6-7,9H2,1-2H3;3-6,12-15H,7-9H2,1-2H3. The van der Waals surface area contributed by atoms with Crippen molar-refractivity contribution in [3.05, 3.63) is 66.3 Å². The Hall–Kier alpha value is -1.24. The first kappa shape index (κ1) is 31.2. The summed E-state index contributed by atoms with van der Waals surface area (Å²) in [5.41, 5.74) is 3.96. The maximum absolute atomic E-state index is 12.3. The van der Waals surface area contributed by atoms with E-state index in [4.69, 9.17) is 9.47 Å². The number of ether oxygens (including phenoxy) is 2. The lowest BCUT2D eigenvalue weighted by Crippen LogP contribution is -2.49. The van der Waals surface area contributed by atoms with Crippen molar-refractivity contribution in [2.75, 3.05) is 21.3 Å². The molecule has 0 saturated carbocycles. The van der Waals surface area contributed by atoms with Gasteiger partial charge < -0.3 is 14.8 Å². The van der Waals surface area contributed by atoms with E-state index in [9.17, 15) is 9.59 Å². The topological polar surface area (TPSA) is 67.9 Å². The maximum Gasteiger partial charge on any atom is 0.310 e. The third kappa shape index (κ3) is 6.50. The molecule has 2 aromatic rings. The Bertz CT molecular complexity index is 1240. The highest BCUT2D eigenvalue weighted by molar-refractivity contribution is 14.1. The lowest BCUT2D eigenvalue weighted by molar-refractivity contribution is -0.150. The number of aryl methyl sites for hydroxylation is 1. The van der Waals surface area contributed by atoms with Gasteiger partial charge in [0.2, 0.25) is 0 Å². The lowest BCUT2D eigenvalue weighted by atomic mass is 9.76. The van der Waals surface area contributed by atoms with Gasteiger partial charge in [0.1, 0.15) is 0 Å². The zero-order chi connectivity index (χ0) is 29.3. The van der Waals surface area contributed by atoms with Gasteiger partial charge >= 0.3 is 11.9 Å². The van der Waals surface area contributed by atoms with E-state index in [1.807, 2.05) is 0 Å². The number of fused-ring (bicyclic) bond motifs is 4. The van der Waals surface area contributed by atoms with Gasteiger partial charge in [-0.1, -0.05) is 31.2 Å². The molecule has 1 N–H and O–H groups in total. The largest absolute Gasteiger partial charge is 0.469 e. The van der Waals surface area contributed by atoms with Crippen LogP contribution in [0.5, 0.6) is 0 Å². The van der Waals surface area contributed by atoms with Crippen molar-refractivity contribution in [3.8, 4) is 0 Å². The number of carbonyl (C=O) groups is 2. The molecule has 8 unspecified atom stereocenters. The van der Waals surface area contributed by atoms with Crippen LogP contribution in [0.2, 0.25) is 0 Å². The van der Waals surface area contributed by atoms with E-state index in [0.29, 0.717) is 24.0 Å². The summed E-state index contributed by atoms with van der Waals surface area (Å²) in [5, 5.41) is 3.59. The van der Waals surface area contributed by atoms with Crippen molar-refractivity contribution in [3.63, 3.8) is 0 Å². The average Bonchev–Trinajstić information content (AvgIpc) is 3.46. The van der Waals surface area contributed by atoms with Gasteiger partial charge in [-0.15, -0.1) is 0 Å². The number of carbonyl (C=O) groups excluding carboxylic acids is 2. The summed E-state index contributed by atoms with van der Waals surface area (Å²) in [5.74, 6) is 0.405. The van der Waals surface area contributed by atoms with Crippen LogP contribution in [0.25, 0.3) is 0 Å². The SMILES string of the molecule is CCc1ccc(C2CC3CCC(N3)C2C(=O)OC)cc1I.COC(=O)C1C(c2ccc(I)cc2)CC2CCC1N2C. The molecule has 8 atom stereocenters. The maximum atomic E-state index is 12.3. The second-order valence-electron chi connectivity index (χ2n) is 12.0. The Labute approximate surface area is 272 Å². The normalized spacial score (nSPS) is 32.1. The first-order valence-electron chi connectivity index (χ1n) is 14.9. The number of hydrogen-bond donors (Lipinski definition) is 1. The fourth-order valence-corrected chi connectivity index (χ4v) is 9.20. The number of methoxy groups -OCH3 is 2. The number of esters is 2. The van der Waals surface area contributed by atoms with Crippen LogP contribution in [0.3, 0.4) is 0 Å². The van der Waals surface area contributed by atoms with E-state index in [2.05, 4.69) is 112 Å². The molecule has 0 aromatic heterocycles. The van der Waals surface area contributed by atoms with Gasteiger partial charge in [0.05, 0.1) is 26.1 Å². The number of piperidine rings is 2. The van der Waals surface area contributed by atoms with E-state index in [1.165, 1.54) is 50.9 Å². The minimum atomic E-state index is -0.0626. The predicted octanol–water partition coefficient (Wildman–Crippen LogP) is 6.28. The highest BCUT2D eigenvalue weighted by atomic mass is 127. The molecule has 4 bridgehead atoms. The van der Waals surface area contributed by atoms with Gasteiger partial charge in [-0.05, 0) is 132 Å². The number of rotatable bonds is 5. The van der Waals surface area contributed by atoms with Crippen molar-refractivity contribution in [2.24, 2.45) is 11.8 Å². The molecule has 0 radical (unpaired) electrons. The summed E-state index contributed by atoms with van der Waals surface area (Å²) in [7, 11) is 5.17. The van der Waals surface area contributed by atoms with Crippen molar-refractivity contribution in [2.45, 2.75) is 87.9 Å². The third-order valence-corrected chi connectivity index (χ3v) is 11.8. The first-order chi connectivity index (χ1) is 19.7. The third-order valence-electron chi connectivity index (χ3n) is 10.1. The van der Waals surface area contributed by atoms with E-state index >= 15 is 0 Å². The van der Waals surface area contributed by atoms with Crippen LogP contribution in [-0.2, 0) is 25.5 Å². The number of halogens is 2. The van der Waals surface area contributed by atoms with Crippen LogP contribution in [0, 0.1) is 19.0 Å². The number of benzene rings is 2. The summed E-state index contributed by atoms with van der Waals surface area (Å²) in [4.78, 5) is 27.0. The molecule has 222 valence electrons. The molecular formula is C33H42I2N2O4. The molecule has 0 spiro atoms. The van der Waals surface area contributed by atoms with Gasteiger partial charge in [0.15, 0.2) is 0 Å². The molecule has 41 heavy (non-hydrogen) atoms. The molecule has 4 saturated heterocycles. The van der Waals surface area contributed by atoms with Crippen LogP contribution in [0.15, 0.2) is 42.5 Å². The predicted molar refractivity (Wildman–Crippen MR) is 178 cm³/mol. The number of nitrogens with zero attached hydrogens (tertiary/aromatic N) is 1. The average molecular weight is 785 g/mol. The summed E-state index contributed by atoms with van der Waals surface area (Å²) in [6.45, 7) is 2.18. The van der Waals surface area contributed by atoms with E-state index in [-0.39, 0.29) is 35.7 Å². The second-order valence-corrected chi connectivity index (χ2v) is 14.5. The zero-order valence-electron chi connectivity index (χ0n) is 24.4. The molecular weight excluding hydrogens is 742 g/mol. The molecule has 0 amide bonds. The van der Waals surface area contributed by atoms with E-state index in [1.54, 1.807) is 0 Å². The summed E-state index contributed by atoms with van der Waals surface area (Å²) in [6.07, 6.45) is 7.74. The molecule has 0 aliphatic carbocycles. The fraction of sp³-hybridized carbons (Fsp3) is 0.576. The summed E-state index contributed by atoms with van der Waals surface area (Å²) >= 11 is 4.73. The molecule has 4 aliphatic rings. The number of nitrogens with one attached hydrogen (secondary N) is 1. The van der Waals surface area contributed by atoms with E-state index < -0.39 is 0 Å². The lowest BCUT2D eigenvalue weighted by Gasteiger charge is -2.41. The first-order valence-corrected chi connectivity index (χ1v) is 17.1. The molecule has 6 rings (SSSR count). The highest BCUT2D eigenvalue weighted by Crippen LogP contribution is 2.47. The van der Waals surface area contributed by atoms with Crippen molar-refractivity contribution in [1.82, 2.24) is 10.2 Å². The van der Waals surface area contributed by atoms with Crippen LogP contribution < -0.4 is 5.32 Å². The van der Waals surface area contributed by atoms with Crippen LogP contribution in [0.1, 0.15) is 74.0 Å². The summed E-state index contributed by atoms with van der Waals surface area (Å²) in [6, 6.07) is 17.1. The smallest absolute Gasteiger partial charge is 0.310 e. The van der Waals surface area contributed by atoms with Gasteiger partial charge in [0, 0.05) is 43.1 Å². The van der Waals surface area contributed by atoms with Gasteiger partial charge in [-0.3, -0.25) is 14.5 Å². The van der Waals surface area contributed by atoms with Crippen molar-refractivity contribution >= 4 is 57.1 Å². The Kier molecular flexibility index (Phi) is 10.3. The minimum Gasteiger partial charge on any atom is -0.469 e. The second kappa shape index (κ2) is 13.6. The fourth-order valence-electron chi connectivity index (χ4n) is 7.92. The minimum absolute atomic E-state index is 0.0242. The Morgan fingerprint density at radius 3 is 2.20 bits per heavy atom. The molecule has 2 aromatic carbocycles. The quantitative estimate of drug-likeness (QED) is 0.285. The Morgan fingerprint density at radius 2 is 1.54 bits per heavy atom. The molecule has 6 nitrogen and oxygen atoms in total. The van der Waals surface area contributed by atoms with Gasteiger partial charge in [0.25, 0.3) is 0 Å². The van der Waals surface area contributed by atoms with Crippen molar-refractivity contribution < 1.29 is 19.1 Å². The molecule has 4 heterocycles. The summed E-state index contributed by atoms with van der Waals surface area (Å²) < 4.78 is 12.7. The molecule has 8 heteroatoms. The molecule has 4 fully saturated rings. The van der Waals surface area contributed by atoms with Gasteiger partial charge in [-0.25, -0.2) is 0 Å². The molecule has 4 aliphatic heterocycles. The highest BCUT2D eigenvalue weighted by Gasteiger charge is 2.49. The van der Waals surface area contributed by atoms with E-state index in [0.717, 1.165) is 32.1 Å². The Balaban J connectivity index is 0.000000165. The monoisotopic (exact) mass is 784 g/mol. The van der Waals surface area contributed by atoms with Crippen LogP contribution in [-0.4, -0.2) is 62.3 Å². The van der Waals surface area contributed by atoms with Crippen molar-refractivity contribution in [1.29, 1.82) is 0 Å². The van der Waals surface area contributed by atoms with Crippen LogP contribution in [0.4, 0.5) is 0 Å². The van der Waals surface area contributed by atoms with Gasteiger partial charge in [-0.2, -0.15) is 0 Å². The zero-order valence-corrected chi connectivity index (χ0v) is 28.8.